The third kappa shape index (κ3) is 4.86. The van der Waals surface area contributed by atoms with E-state index in [-0.39, 0.29) is 0 Å². The molecule has 0 spiro atoms. The quantitative estimate of drug-likeness (QED) is 0.654. The number of rotatable bonds is 7. The molecule has 0 saturated heterocycles. The number of aromatic nitrogens is 4. The smallest absolute Gasteiger partial charge is 0.164 e. The Hall–Kier alpha value is -2.93. The van der Waals surface area contributed by atoms with Gasteiger partial charge in [0.25, 0.3) is 0 Å². The third-order valence-corrected chi connectivity index (χ3v) is 4.58. The highest BCUT2D eigenvalue weighted by Crippen LogP contribution is 2.26. The Morgan fingerprint density at radius 2 is 1.71 bits per heavy atom. The Morgan fingerprint density at radius 1 is 0.929 bits per heavy atom. The van der Waals surface area contributed by atoms with Crippen molar-refractivity contribution in [3.8, 4) is 11.4 Å². The molecule has 0 atom stereocenters. The van der Waals surface area contributed by atoms with Gasteiger partial charge in [0.2, 0.25) is 0 Å². The molecule has 28 heavy (non-hydrogen) atoms. The van der Waals surface area contributed by atoms with Crippen molar-refractivity contribution in [2.45, 2.75) is 20.8 Å². The van der Waals surface area contributed by atoms with Gasteiger partial charge >= 0.3 is 0 Å². The van der Waals surface area contributed by atoms with E-state index in [1.54, 1.807) is 0 Å². The fraction of sp³-hybridized carbons (Fsp3) is 0.381. The lowest BCUT2D eigenvalue weighted by molar-refractivity contribution is 0.416. The molecule has 7 nitrogen and oxygen atoms in total. The summed E-state index contributed by atoms with van der Waals surface area (Å²) in [6, 6.07) is 10.3. The van der Waals surface area contributed by atoms with Crippen LogP contribution in [0.1, 0.15) is 16.8 Å². The molecule has 2 aromatic heterocycles. The zero-order valence-electron chi connectivity index (χ0n) is 17.5. The summed E-state index contributed by atoms with van der Waals surface area (Å²) in [7, 11) is 6.20. The number of aryl methyl sites for hydroxylation is 3. The molecule has 0 unspecified atom stereocenters. The fourth-order valence-electron chi connectivity index (χ4n) is 2.87. The maximum Gasteiger partial charge on any atom is 0.164 e. The molecule has 0 radical (unpaired) electrons. The highest BCUT2D eigenvalue weighted by Gasteiger charge is 2.13. The zero-order valence-corrected chi connectivity index (χ0v) is 17.5. The average molecular weight is 380 g/mol. The molecule has 2 N–H and O–H groups in total. The van der Waals surface area contributed by atoms with Crippen LogP contribution in [0.5, 0.6) is 0 Å². The van der Waals surface area contributed by atoms with Crippen LogP contribution in [0, 0.1) is 20.8 Å². The number of hydrogen-bond donors (Lipinski definition) is 2. The van der Waals surface area contributed by atoms with Crippen molar-refractivity contribution in [1.82, 2.24) is 25.1 Å². The van der Waals surface area contributed by atoms with Gasteiger partial charge in [-0.25, -0.2) is 9.97 Å². The molecule has 0 fully saturated rings. The number of likely N-dealkylation sites (N-methyl/N-ethyl adjacent to an activating group) is 2. The van der Waals surface area contributed by atoms with E-state index in [0.717, 1.165) is 47.4 Å². The Kier molecular flexibility index (Phi) is 5.94. The van der Waals surface area contributed by atoms with E-state index in [0.29, 0.717) is 5.82 Å². The van der Waals surface area contributed by atoms with E-state index in [4.69, 9.17) is 9.97 Å². The maximum absolute atomic E-state index is 4.86. The third-order valence-electron chi connectivity index (χ3n) is 4.58. The summed E-state index contributed by atoms with van der Waals surface area (Å²) in [6.07, 6.45) is 0. The molecule has 3 rings (SSSR count). The van der Waals surface area contributed by atoms with Crippen molar-refractivity contribution < 1.29 is 0 Å². The van der Waals surface area contributed by atoms with Gasteiger partial charge in [0.1, 0.15) is 11.6 Å². The second-order valence-corrected chi connectivity index (χ2v) is 7.54. The van der Waals surface area contributed by atoms with Gasteiger partial charge in [-0.1, -0.05) is 17.7 Å². The molecule has 2 heterocycles. The summed E-state index contributed by atoms with van der Waals surface area (Å²) in [6.45, 7) is 7.96. The van der Waals surface area contributed by atoms with Gasteiger partial charge in [-0.05, 0) is 46.5 Å². The van der Waals surface area contributed by atoms with Crippen LogP contribution in [-0.2, 0) is 0 Å². The monoisotopic (exact) mass is 379 g/mol. The van der Waals surface area contributed by atoms with Crippen LogP contribution in [0.15, 0.2) is 30.3 Å². The van der Waals surface area contributed by atoms with Crippen LogP contribution < -0.4 is 10.2 Å². The Bertz CT molecular complexity index is 946. The van der Waals surface area contributed by atoms with Crippen molar-refractivity contribution in [2.75, 3.05) is 44.4 Å². The van der Waals surface area contributed by atoms with Crippen LogP contribution in [0.2, 0.25) is 0 Å². The maximum atomic E-state index is 4.86. The first kappa shape index (κ1) is 19.8. The van der Waals surface area contributed by atoms with E-state index < -0.39 is 0 Å². The van der Waals surface area contributed by atoms with Crippen molar-refractivity contribution >= 4 is 17.5 Å². The number of H-pyrrole nitrogens is 1. The van der Waals surface area contributed by atoms with E-state index in [1.165, 1.54) is 5.56 Å². The zero-order chi connectivity index (χ0) is 20.3. The average Bonchev–Trinajstić information content (AvgIpc) is 3.06. The van der Waals surface area contributed by atoms with Gasteiger partial charge in [-0.3, -0.25) is 5.10 Å². The molecule has 7 heteroatoms. The van der Waals surface area contributed by atoms with Crippen molar-refractivity contribution in [1.29, 1.82) is 0 Å². The summed E-state index contributed by atoms with van der Waals surface area (Å²) in [4.78, 5) is 13.9. The Labute approximate surface area is 166 Å². The summed E-state index contributed by atoms with van der Waals surface area (Å²) >= 11 is 0. The van der Waals surface area contributed by atoms with E-state index in [2.05, 4.69) is 78.5 Å². The molecule has 0 bridgehead atoms. The van der Waals surface area contributed by atoms with Crippen molar-refractivity contribution in [2.24, 2.45) is 0 Å². The molecule has 0 aliphatic rings. The second kappa shape index (κ2) is 8.39. The van der Waals surface area contributed by atoms with Gasteiger partial charge in [-0.15, -0.1) is 0 Å². The SMILES string of the molecule is Cc1ccc(C)c(-c2nc(Nc3cc(C)[nH]n3)cc(N(C)CCN(C)C)n2)c1. The molecule has 3 aromatic rings. The first-order chi connectivity index (χ1) is 13.3. The molecular formula is C21H29N7. The number of nitrogens with one attached hydrogen (secondary N) is 2. The Morgan fingerprint density at radius 3 is 2.39 bits per heavy atom. The first-order valence-corrected chi connectivity index (χ1v) is 9.43. The summed E-state index contributed by atoms with van der Waals surface area (Å²) in [5, 5.41) is 10.5. The number of benzene rings is 1. The molecule has 1 aromatic carbocycles. The van der Waals surface area contributed by atoms with Crippen LogP contribution in [0.4, 0.5) is 17.5 Å². The minimum absolute atomic E-state index is 0.713. The first-order valence-electron chi connectivity index (χ1n) is 9.43. The van der Waals surface area contributed by atoms with Gasteiger partial charge in [0.05, 0.1) is 0 Å². The highest BCUT2D eigenvalue weighted by atomic mass is 15.2. The van der Waals surface area contributed by atoms with Crippen molar-refractivity contribution in [3.63, 3.8) is 0 Å². The van der Waals surface area contributed by atoms with Crippen LogP contribution in [-0.4, -0.2) is 59.3 Å². The number of anilines is 3. The van der Waals surface area contributed by atoms with Crippen molar-refractivity contribution in [3.05, 3.63) is 47.2 Å². The van der Waals surface area contributed by atoms with Gasteiger partial charge in [-0.2, -0.15) is 5.10 Å². The molecule has 0 aliphatic heterocycles. The molecule has 0 saturated carbocycles. The lowest BCUT2D eigenvalue weighted by Crippen LogP contribution is -2.29. The molecule has 0 aliphatic carbocycles. The number of nitrogens with zero attached hydrogens (tertiary/aromatic N) is 5. The minimum Gasteiger partial charge on any atom is -0.358 e. The number of aromatic amines is 1. The highest BCUT2D eigenvalue weighted by molar-refractivity contribution is 5.67. The summed E-state index contributed by atoms with van der Waals surface area (Å²) in [5.74, 6) is 3.06. The summed E-state index contributed by atoms with van der Waals surface area (Å²) in [5.41, 5.74) is 4.38. The lowest BCUT2D eigenvalue weighted by Gasteiger charge is -2.22. The minimum atomic E-state index is 0.713. The summed E-state index contributed by atoms with van der Waals surface area (Å²) < 4.78 is 0. The van der Waals surface area contributed by atoms with Gasteiger partial charge < -0.3 is 15.1 Å². The van der Waals surface area contributed by atoms with E-state index >= 15 is 0 Å². The lowest BCUT2D eigenvalue weighted by atomic mass is 10.1. The normalized spacial score (nSPS) is 11.1. The fourth-order valence-corrected chi connectivity index (χ4v) is 2.87. The topological polar surface area (TPSA) is 73.0 Å². The largest absolute Gasteiger partial charge is 0.358 e. The number of hydrogen-bond acceptors (Lipinski definition) is 6. The molecule has 148 valence electrons. The van der Waals surface area contributed by atoms with Gasteiger partial charge in [0, 0.05) is 43.5 Å². The Balaban J connectivity index is 2.01. The van der Waals surface area contributed by atoms with Crippen LogP contribution >= 0.6 is 0 Å². The van der Waals surface area contributed by atoms with Gasteiger partial charge in [0.15, 0.2) is 11.6 Å². The standard InChI is InChI=1S/C21H29N7/c1-14-7-8-15(2)17(11-14)21-23-18(22-19-12-16(3)25-26-19)13-20(24-21)28(6)10-9-27(4)5/h7-8,11-13H,9-10H2,1-6H3,(H2,22,23,24,25,26). The van der Waals surface area contributed by atoms with Crippen LogP contribution in [0.3, 0.4) is 0 Å². The molecular weight excluding hydrogens is 350 g/mol. The van der Waals surface area contributed by atoms with E-state index in [9.17, 15) is 0 Å². The second-order valence-electron chi connectivity index (χ2n) is 7.54. The molecule has 0 amide bonds. The van der Waals surface area contributed by atoms with E-state index in [1.807, 2.05) is 19.1 Å². The predicted octanol–water partition coefficient (Wildman–Crippen LogP) is 3.53. The predicted molar refractivity (Wildman–Crippen MR) is 115 cm³/mol. The van der Waals surface area contributed by atoms with Crippen LogP contribution in [0.25, 0.3) is 11.4 Å².